The summed E-state index contributed by atoms with van der Waals surface area (Å²) in [5.74, 6) is 1.35. The summed E-state index contributed by atoms with van der Waals surface area (Å²) < 4.78 is 13.6. The van der Waals surface area contributed by atoms with E-state index in [1.165, 1.54) is 12.1 Å². The number of aromatic nitrogens is 3. The minimum atomic E-state index is -0.300. The number of amides is 1. The van der Waals surface area contributed by atoms with Crippen molar-refractivity contribution in [1.82, 2.24) is 19.9 Å². The summed E-state index contributed by atoms with van der Waals surface area (Å²) in [4.78, 5) is 33.2. The summed E-state index contributed by atoms with van der Waals surface area (Å²) in [6.45, 7) is 5.50. The number of pyridine rings is 1. The van der Waals surface area contributed by atoms with Crippen LogP contribution in [0.5, 0.6) is 0 Å². The maximum Gasteiger partial charge on any atom is 0.245 e. The normalized spacial score (nSPS) is 19.3. The molecule has 0 bridgehead atoms. The van der Waals surface area contributed by atoms with Crippen LogP contribution < -0.4 is 9.80 Å². The van der Waals surface area contributed by atoms with Crippen LogP contribution in [0.4, 0.5) is 16.2 Å². The maximum atomic E-state index is 13.6. The number of halogens is 1. The van der Waals surface area contributed by atoms with E-state index in [9.17, 15) is 9.18 Å². The van der Waals surface area contributed by atoms with Crippen LogP contribution >= 0.6 is 0 Å². The molecule has 0 N–H and O–H groups in total. The second kappa shape index (κ2) is 8.09. The molecule has 2 aliphatic rings. The molecule has 5 rings (SSSR count). The van der Waals surface area contributed by atoms with Gasteiger partial charge in [-0.2, -0.15) is 0 Å². The Bertz CT molecular complexity index is 1100. The first-order valence-corrected chi connectivity index (χ1v) is 10.8. The number of piperazine rings is 1. The van der Waals surface area contributed by atoms with Crippen LogP contribution in [-0.2, 0) is 4.79 Å². The summed E-state index contributed by atoms with van der Waals surface area (Å²) >= 11 is 0. The van der Waals surface area contributed by atoms with Crippen LogP contribution in [0.25, 0.3) is 10.9 Å². The van der Waals surface area contributed by atoms with Gasteiger partial charge >= 0.3 is 0 Å². The zero-order valence-corrected chi connectivity index (χ0v) is 17.5. The molecule has 2 aliphatic heterocycles. The summed E-state index contributed by atoms with van der Waals surface area (Å²) in [6, 6.07) is 10.2. The van der Waals surface area contributed by atoms with Crippen LogP contribution in [-0.4, -0.2) is 64.5 Å². The van der Waals surface area contributed by atoms with E-state index < -0.39 is 0 Å². The highest BCUT2D eigenvalue weighted by molar-refractivity contribution is 5.87. The fourth-order valence-electron chi connectivity index (χ4n) is 4.54. The second-order valence-electron chi connectivity index (χ2n) is 8.12. The zero-order valence-electron chi connectivity index (χ0n) is 17.5. The molecule has 1 amide bonds. The Labute approximate surface area is 180 Å². The first-order valence-electron chi connectivity index (χ1n) is 10.8. The molecular formula is C23H25FN6O. The largest absolute Gasteiger partial charge is 0.353 e. The zero-order chi connectivity index (χ0) is 21.4. The third-order valence-corrected chi connectivity index (χ3v) is 6.20. The Morgan fingerprint density at radius 3 is 2.68 bits per heavy atom. The van der Waals surface area contributed by atoms with E-state index in [-0.39, 0.29) is 17.8 Å². The maximum absolute atomic E-state index is 13.6. The van der Waals surface area contributed by atoms with Gasteiger partial charge in [0.1, 0.15) is 17.7 Å². The van der Waals surface area contributed by atoms with E-state index in [0.717, 1.165) is 44.0 Å². The fraction of sp³-hybridized carbons (Fsp3) is 0.391. The first-order chi connectivity index (χ1) is 15.1. The summed E-state index contributed by atoms with van der Waals surface area (Å²) in [6.07, 6.45) is 3.51. The smallest absolute Gasteiger partial charge is 0.245 e. The topological polar surface area (TPSA) is 65.5 Å². The Morgan fingerprint density at radius 2 is 1.90 bits per heavy atom. The third-order valence-electron chi connectivity index (χ3n) is 6.20. The van der Waals surface area contributed by atoms with Gasteiger partial charge < -0.3 is 14.7 Å². The van der Waals surface area contributed by atoms with Crippen molar-refractivity contribution >= 4 is 28.6 Å². The summed E-state index contributed by atoms with van der Waals surface area (Å²) in [5.41, 5.74) is 1.42. The molecule has 1 aromatic carbocycles. The molecule has 1 atom stereocenters. The van der Waals surface area contributed by atoms with Crippen molar-refractivity contribution in [1.29, 1.82) is 0 Å². The summed E-state index contributed by atoms with van der Waals surface area (Å²) in [7, 11) is 0. The molecule has 0 spiro atoms. The molecule has 160 valence electrons. The molecule has 3 aromatic rings. The molecular weight excluding hydrogens is 395 g/mol. The van der Waals surface area contributed by atoms with Crippen LogP contribution in [0.1, 0.15) is 18.5 Å². The number of carbonyl (C=O) groups excluding carboxylic acids is 1. The third kappa shape index (κ3) is 3.78. The van der Waals surface area contributed by atoms with Crippen LogP contribution in [0.15, 0.2) is 42.6 Å². The SMILES string of the molecule is Cc1nc(N2CCCC2C(=O)N2CCN(c3ccccn3)CC2)nc2ccc(F)cc12. The van der Waals surface area contributed by atoms with Gasteiger partial charge in [0.05, 0.1) is 11.2 Å². The minimum absolute atomic E-state index is 0.138. The average Bonchev–Trinajstić information content (AvgIpc) is 3.30. The van der Waals surface area contributed by atoms with Gasteiger partial charge in [0.2, 0.25) is 11.9 Å². The number of benzene rings is 1. The van der Waals surface area contributed by atoms with Gasteiger partial charge in [0.15, 0.2) is 0 Å². The molecule has 2 fully saturated rings. The van der Waals surface area contributed by atoms with Crippen LogP contribution in [0.2, 0.25) is 0 Å². The quantitative estimate of drug-likeness (QED) is 0.649. The number of hydrogen-bond donors (Lipinski definition) is 0. The first kappa shape index (κ1) is 19.7. The lowest BCUT2D eigenvalue weighted by molar-refractivity contribution is -0.132. The Morgan fingerprint density at radius 1 is 1.06 bits per heavy atom. The van der Waals surface area contributed by atoms with E-state index in [0.29, 0.717) is 29.9 Å². The van der Waals surface area contributed by atoms with Crippen molar-refractivity contribution in [3.8, 4) is 0 Å². The molecule has 2 saturated heterocycles. The van der Waals surface area contributed by atoms with Crippen LogP contribution in [0, 0.1) is 12.7 Å². The lowest BCUT2D eigenvalue weighted by Gasteiger charge is -2.37. The fourth-order valence-corrected chi connectivity index (χ4v) is 4.54. The van der Waals surface area contributed by atoms with Crippen molar-refractivity contribution in [3.63, 3.8) is 0 Å². The number of hydrogen-bond acceptors (Lipinski definition) is 6. The molecule has 8 heteroatoms. The molecule has 0 saturated carbocycles. The van der Waals surface area contributed by atoms with Crippen molar-refractivity contribution in [3.05, 3.63) is 54.1 Å². The number of nitrogens with zero attached hydrogens (tertiary/aromatic N) is 6. The Kier molecular flexibility index (Phi) is 5.13. The molecule has 2 aromatic heterocycles. The van der Waals surface area contributed by atoms with Crippen LogP contribution in [0.3, 0.4) is 0 Å². The standard InChI is InChI=1S/C23H25FN6O/c1-16-18-15-17(24)7-8-19(18)27-23(26-16)30-10-4-5-20(30)22(31)29-13-11-28(12-14-29)21-6-2-3-9-25-21/h2-3,6-9,15,20H,4-5,10-14H2,1H3. The Balaban J connectivity index is 1.32. The van der Waals surface area contributed by atoms with E-state index in [4.69, 9.17) is 0 Å². The monoisotopic (exact) mass is 420 g/mol. The highest BCUT2D eigenvalue weighted by Gasteiger charge is 2.36. The molecule has 31 heavy (non-hydrogen) atoms. The Hall–Kier alpha value is -3.29. The highest BCUT2D eigenvalue weighted by atomic mass is 19.1. The lowest BCUT2D eigenvalue weighted by atomic mass is 10.1. The number of aryl methyl sites for hydroxylation is 1. The minimum Gasteiger partial charge on any atom is -0.353 e. The second-order valence-corrected chi connectivity index (χ2v) is 8.12. The highest BCUT2D eigenvalue weighted by Crippen LogP contribution is 2.27. The number of fused-ring (bicyclic) bond motifs is 1. The number of rotatable bonds is 3. The van der Waals surface area contributed by atoms with Crippen molar-refractivity contribution in [2.75, 3.05) is 42.5 Å². The van der Waals surface area contributed by atoms with E-state index in [2.05, 4.69) is 19.9 Å². The van der Waals surface area contributed by atoms with Gasteiger partial charge in [0.25, 0.3) is 0 Å². The van der Waals surface area contributed by atoms with E-state index >= 15 is 0 Å². The molecule has 0 radical (unpaired) electrons. The number of carbonyl (C=O) groups is 1. The van der Waals surface area contributed by atoms with Gasteiger partial charge in [-0.1, -0.05) is 6.07 Å². The predicted molar refractivity (Wildman–Crippen MR) is 118 cm³/mol. The van der Waals surface area contributed by atoms with Gasteiger partial charge in [-0.15, -0.1) is 0 Å². The van der Waals surface area contributed by atoms with Crippen molar-refractivity contribution in [2.24, 2.45) is 0 Å². The average molecular weight is 420 g/mol. The van der Waals surface area contributed by atoms with Gasteiger partial charge in [0, 0.05) is 44.3 Å². The lowest BCUT2D eigenvalue weighted by Crippen LogP contribution is -2.54. The molecule has 7 nitrogen and oxygen atoms in total. The van der Waals surface area contributed by atoms with Gasteiger partial charge in [-0.05, 0) is 50.1 Å². The molecule has 1 unspecified atom stereocenters. The summed E-state index contributed by atoms with van der Waals surface area (Å²) in [5, 5.41) is 0.705. The molecule has 0 aliphatic carbocycles. The van der Waals surface area contributed by atoms with Crippen molar-refractivity contribution < 1.29 is 9.18 Å². The van der Waals surface area contributed by atoms with Gasteiger partial charge in [-0.25, -0.2) is 19.3 Å². The number of anilines is 2. The predicted octanol–water partition coefficient (Wildman–Crippen LogP) is 2.79. The van der Waals surface area contributed by atoms with E-state index in [1.807, 2.05) is 34.9 Å². The van der Waals surface area contributed by atoms with Crippen molar-refractivity contribution in [2.45, 2.75) is 25.8 Å². The van der Waals surface area contributed by atoms with E-state index in [1.54, 1.807) is 12.3 Å². The molecule has 4 heterocycles. The van der Waals surface area contributed by atoms with Gasteiger partial charge in [-0.3, -0.25) is 4.79 Å².